The van der Waals surface area contributed by atoms with E-state index in [9.17, 15) is 0 Å². The van der Waals surface area contributed by atoms with E-state index in [4.69, 9.17) is 0 Å². The smallest absolute Gasteiger partial charge is 0.103 e. The molecule has 2 aromatic carbocycles. The summed E-state index contributed by atoms with van der Waals surface area (Å²) in [6, 6.07) is 13.4. The molecule has 2 aromatic rings. The van der Waals surface area contributed by atoms with Crippen LogP contribution >= 0.6 is 0 Å². The van der Waals surface area contributed by atoms with Crippen LogP contribution < -0.4 is 9.80 Å². The molecule has 0 radical (unpaired) electrons. The van der Waals surface area contributed by atoms with Gasteiger partial charge in [0.2, 0.25) is 0 Å². The Kier molecular flexibility index (Phi) is 3.36. The van der Waals surface area contributed by atoms with Gasteiger partial charge in [0, 0.05) is 49.5 Å². The van der Waals surface area contributed by atoms with Crippen molar-refractivity contribution in [2.45, 2.75) is 33.1 Å². The zero-order valence-corrected chi connectivity index (χ0v) is 16.6. The summed E-state index contributed by atoms with van der Waals surface area (Å²) in [4.78, 5) is 9.42. The second-order valence-electron chi connectivity index (χ2n) is 7.84. The predicted molar refractivity (Wildman–Crippen MR) is 113 cm³/mol. The molecule has 0 aliphatic carbocycles. The number of anilines is 2. The van der Waals surface area contributed by atoms with Gasteiger partial charge in [-0.3, -0.25) is 0 Å². The monoisotopic (exact) mass is 358 g/mol. The van der Waals surface area contributed by atoms with E-state index >= 15 is 0 Å². The van der Waals surface area contributed by atoms with Gasteiger partial charge in [0.25, 0.3) is 0 Å². The Hall–Kier alpha value is -2.88. The molecule has 0 spiro atoms. The molecule has 3 aliphatic rings. The first-order chi connectivity index (χ1) is 13.0. The van der Waals surface area contributed by atoms with E-state index in [1.165, 1.54) is 39.3 Å². The summed E-state index contributed by atoms with van der Waals surface area (Å²) in [6.45, 7) is 6.79. The van der Waals surface area contributed by atoms with E-state index in [0.29, 0.717) is 12.3 Å². The van der Waals surface area contributed by atoms with E-state index in [2.05, 4.69) is 109 Å². The van der Waals surface area contributed by atoms with Crippen LogP contribution in [-0.2, 0) is 0 Å². The Balaban J connectivity index is 1.75. The maximum Gasteiger partial charge on any atom is 0.103 e. The summed E-state index contributed by atoms with van der Waals surface area (Å²) in [5.74, 6) is 0. The first kappa shape index (κ1) is 16.3. The van der Waals surface area contributed by atoms with E-state index in [1.807, 2.05) is 0 Å². The molecule has 0 saturated heterocycles. The summed E-state index contributed by atoms with van der Waals surface area (Å²) in [5, 5.41) is 0. The molecule has 0 unspecified atom stereocenters. The largest absolute Gasteiger partial charge is 0.359 e. The van der Waals surface area contributed by atoms with Gasteiger partial charge in [0.15, 0.2) is 0 Å². The third kappa shape index (κ3) is 2.10. The summed E-state index contributed by atoms with van der Waals surface area (Å²) in [5.41, 5.74) is 9.23. The van der Waals surface area contributed by atoms with Crippen molar-refractivity contribution in [2.24, 2.45) is 0 Å². The van der Waals surface area contributed by atoms with Crippen molar-refractivity contribution in [3.8, 4) is 11.1 Å². The minimum Gasteiger partial charge on any atom is -0.359 e. The summed E-state index contributed by atoms with van der Waals surface area (Å²) in [7, 11) is 4.29. The lowest BCUT2D eigenvalue weighted by atomic mass is 9.89. The van der Waals surface area contributed by atoms with Crippen molar-refractivity contribution in [2.75, 3.05) is 23.9 Å². The van der Waals surface area contributed by atoms with Crippen molar-refractivity contribution >= 4 is 17.1 Å². The average molecular weight is 358 g/mol. The zero-order valence-electron chi connectivity index (χ0n) is 16.6. The van der Waals surface area contributed by atoms with Crippen molar-refractivity contribution in [3.05, 3.63) is 66.1 Å². The highest BCUT2D eigenvalue weighted by Gasteiger charge is 2.37. The van der Waals surface area contributed by atoms with Crippen LogP contribution in [-0.4, -0.2) is 36.2 Å². The van der Waals surface area contributed by atoms with E-state index in [1.54, 1.807) is 0 Å². The van der Waals surface area contributed by atoms with Crippen LogP contribution in [0, 0.1) is 6.92 Å². The maximum atomic E-state index is 2.50. The fourth-order valence-electron chi connectivity index (χ4n) is 4.60. The first-order valence-electron chi connectivity index (χ1n) is 9.64. The summed E-state index contributed by atoms with van der Waals surface area (Å²) >= 11 is 0. The fraction of sp³-hybridized carbons (Fsp3) is 0.304. The molecule has 0 bridgehead atoms. The molecular weight excluding hydrogens is 332 g/mol. The van der Waals surface area contributed by atoms with Gasteiger partial charge in [0.1, 0.15) is 12.3 Å². The summed E-state index contributed by atoms with van der Waals surface area (Å²) < 4.78 is 0. The molecule has 0 saturated carbocycles. The zero-order chi connectivity index (χ0) is 18.9. The Morgan fingerprint density at radius 3 is 2.22 bits per heavy atom. The van der Waals surface area contributed by atoms with Crippen LogP contribution in [0.2, 0.25) is 0 Å². The lowest BCUT2D eigenvalue weighted by molar-refractivity contribution is 0.381. The number of rotatable bonds is 1. The second-order valence-corrected chi connectivity index (χ2v) is 7.84. The van der Waals surface area contributed by atoms with Gasteiger partial charge >= 0.3 is 0 Å². The Bertz CT molecular complexity index is 990. The molecule has 0 amide bonds. The predicted octanol–water partition coefficient (Wildman–Crippen LogP) is 4.64. The number of fused-ring (bicyclic) bond motifs is 6. The molecule has 4 heteroatoms. The molecule has 0 aromatic heterocycles. The van der Waals surface area contributed by atoms with Gasteiger partial charge in [-0.25, -0.2) is 0 Å². The number of benzene rings is 2. The van der Waals surface area contributed by atoms with Crippen molar-refractivity contribution in [1.82, 2.24) is 9.80 Å². The van der Waals surface area contributed by atoms with Gasteiger partial charge in [-0.2, -0.15) is 0 Å². The number of hydrogen-bond acceptors (Lipinski definition) is 4. The molecule has 0 fully saturated rings. The van der Waals surface area contributed by atoms with Crippen molar-refractivity contribution in [3.63, 3.8) is 0 Å². The van der Waals surface area contributed by atoms with Gasteiger partial charge in [-0.15, -0.1) is 0 Å². The minimum absolute atomic E-state index is 0.301. The lowest BCUT2D eigenvalue weighted by Crippen LogP contribution is -2.38. The molecule has 3 heterocycles. The standard InChI is InChI=1S/C23H26N4/c1-15-21(26-13-12-24(4)16(26)2)11-10-20-18-8-6-7-9-19(18)22-14-25(5)17(3)27(22)23(15)20/h6-14,16-17H,1-5H3/t16-,17+/m1/s1. The van der Waals surface area contributed by atoms with E-state index < -0.39 is 0 Å². The molecular formula is C23H26N4. The van der Waals surface area contributed by atoms with Crippen LogP contribution in [0.3, 0.4) is 0 Å². The van der Waals surface area contributed by atoms with Gasteiger partial charge in [-0.1, -0.05) is 30.3 Å². The molecule has 4 nitrogen and oxygen atoms in total. The normalized spacial score (nSPS) is 22.8. The number of hydrogen-bond donors (Lipinski definition) is 0. The Morgan fingerprint density at radius 2 is 1.52 bits per heavy atom. The highest BCUT2D eigenvalue weighted by molar-refractivity contribution is 6.02. The molecule has 3 aliphatic heterocycles. The highest BCUT2D eigenvalue weighted by Crippen LogP contribution is 2.51. The van der Waals surface area contributed by atoms with Crippen molar-refractivity contribution < 1.29 is 0 Å². The molecule has 27 heavy (non-hydrogen) atoms. The SMILES string of the molecule is Cc1c(N2C=CN(C)[C@H]2C)ccc2c1N1C(=CN(C)[C@@H]1C)c1ccccc1-2. The van der Waals surface area contributed by atoms with Crippen LogP contribution in [0.15, 0.2) is 55.0 Å². The van der Waals surface area contributed by atoms with E-state index in [0.717, 1.165) is 0 Å². The van der Waals surface area contributed by atoms with Gasteiger partial charge in [-0.05, 0) is 38.0 Å². The first-order valence-corrected chi connectivity index (χ1v) is 9.64. The van der Waals surface area contributed by atoms with Crippen LogP contribution in [0.4, 0.5) is 11.4 Å². The van der Waals surface area contributed by atoms with Crippen LogP contribution in [0.5, 0.6) is 0 Å². The third-order valence-corrected chi connectivity index (χ3v) is 6.42. The lowest BCUT2D eigenvalue weighted by Gasteiger charge is -2.38. The fourth-order valence-corrected chi connectivity index (χ4v) is 4.60. The number of nitrogens with zero attached hydrogens (tertiary/aromatic N) is 4. The Labute approximate surface area is 161 Å². The summed E-state index contributed by atoms with van der Waals surface area (Å²) in [6.07, 6.45) is 7.25. The van der Waals surface area contributed by atoms with Gasteiger partial charge in [0.05, 0.1) is 11.4 Å². The van der Waals surface area contributed by atoms with Crippen LogP contribution in [0.25, 0.3) is 16.8 Å². The molecule has 0 N–H and O–H groups in total. The minimum atomic E-state index is 0.301. The maximum absolute atomic E-state index is 2.50. The van der Waals surface area contributed by atoms with Gasteiger partial charge < -0.3 is 19.6 Å². The van der Waals surface area contributed by atoms with Crippen molar-refractivity contribution in [1.29, 1.82) is 0 Å². The van der Waals surface area contributed by atoms with Crippen LogP contribution in [0.1, 0.15) is 25.0 Å². The highest BCUT2D eigenvalue weighted by atomic mass is 15.4. The van der Waals surface area contributed by atoms with E-state index in [-0.39, 0.29) is 0 Å². The average Bonchev–Trinajstić information content (AvgIpc) is 3.16. The second kappa shape index (κ2) is 5.56. The quantitative estimate of drug-likeness (QED) is 0.736. The molecule has 138 valence electrons. The molecule has 5 rings (SSSR count). The topological polar surface area (TPSA) is 13.0 Å². The Morgan fingerprint density at radius 1 is 0.778 bits per heavy atom. The third-order valence-electron chi connectivity index (χ3n) is 6.42. The molecule has 2 atom stereocenters.